The van der Waals surface area contributed by atoms with Crippen molar-refractivity contribution in [2.24, 2.45) is 23.7 Å². The van der Waals surface area contributed by atoms with E-state index in [0.29, 0.717) is 0 Å². The van der Waals surface area contributed by atoms with Gasteiger partial charge in [0.1, 0.15) is 0 Å². The summed E-state index contributed by atoms with van der Waals surface area (Å²) in [5, 5.41) is 0. The average molecular weight is 281 g/mol. The first kappa shape index (κ1) is 12.8. The molecule has 2 fully saturated rings. The Morgan fingerprint density at radius 1 is 0.952 bits per heavy atom. The van der Waals surface area contributed by atoms with Gasteiger partial charge in [-0.2, -0.15) is 0 Å². The number of nitrogens with zero attached hydrogens (tertiary/aromatic N) is 1. The van der Waals surface area contributed by atoms with Crippen LogP contribution in [0.4, 0.5) is 5.69 Å². The number of carbonyl (C=O) groups excluding carboxylic acids is 2. The number of benzene rings is 1. The molecule has 1 aromatic rings. The molecule has 2 bridgehead atoms. The van der Waals surface area contributed by atoms with Crippen LogP contribution in [-0.2, 0) is 9.59 Å². The highest BCUT2D eigenvalue weighted by molar-refractivity contribution is 6.22. The zero-order valence-electron chi connectivity index (χ0n) is 12.4. The maximum absolute atomic E-state index is 12.9. The maximum atomic E-state index is 12.9. The number of hydrogen-bond donors (Lipinski definition) is 0. The van der Waals surface area contributed by atoms with Crippen molar-refractivity contribution in [1.29, 1.82) is 0 Å². The molecule has 1 aromatic carbocycles. The van der Waals surface area contributed by atoms with Crippen LogP contribution in [-0.4, -0.2) is 11.8 Å². The second-order valence-corrected chi connectivity index (χ2v) is 6.64. The summed E-state index contributed by atoms with van der Waals surface area (Å²) in [5.41, 5.74) is 2.84. The first-order valence-corrected chi connectivity index (χ1v) is 7.71. The molecule has 21 heavy (non-hydrogen) atoms. The average Bonchev–Trinajstić information content (AvgIpc) is 2.77. The number of allylic oxidation sites excluding steroid dienone is 2. The number of fused-ring (bicyclic) bond motifs is 1. The Balaban J connectivity index is 1.80. The number of hydrogen-bond acceptors (Lipinski definition) is 2. The van der Waals surface area contributed by atoms with Crippen molar-refractivity contribution in [3.63, 3.8) is 0 Å². The molecule has 4 atom stereocenters. The predicted molar refractivity (Wildman–Crippen MR) is 80.7 cm³/mol. The molecule has 2 amide bonds. The second kappa shape index (κ2) is 4.30. The van der Waals surface area contributed by atoms with Gasteiger partial charge >= 0.3 is 0 Å². The lowest BCUT2D eigenvalue weighted by Gasteiger charge is -2.38. The van der Waals surface area contributed by atoms with Crippen molar-refractivity contribution < 1.29 is 9.59 Å². The van der Waals surface area contributed by atoms with E-state index in [9.17, 15) is 9.59 Å². The number of carbonyl (C=O) groups is 2. The molecule has 0 N–H and O–H groups in total. The number of imide groups is 1. The number of rotatable bonds is 1. The first-order valence-electron chi connectivity index (χ1n) is 7.71. The fourth-order valence-corrected chi connectivity index (χ4v) is 4.27. The molecule has 0 radical (unpaired) electrons. The minimum absolute atomic E-state index is 0.0118. The zero-order chi connectivity index (χ0) is 14.7. The van der Waals surface area contributed by atoms with E-state index in [-0.39, 0.29) is 35.5 Å². The van der Waals surface area contributed by atoms with Gasteiger partial charge in [0, 0.05) is 0 Å². The fourth-order valence-electron chi connectivity index (χ4n) is 4.27. The van der Waals surface area contributed by atoms with Crippen LogP contribution < -0.4 is 4.90 Å². The molecule has 1 saturated heterocycles. The Bertz CT molecular complexity index is 644. The number of amides is 2. The monoisotopic (exact) mass is 281 g/mol. The Morgan fingerprint density at radius 3 is 2.05 bits per heavy atom. The third-order valence-corrected chi connectivity index (χ3v) is 5.36. The molecule has 3 heteroatoms. The third kappa shape index (κ3) is 1.66. The molecule has 1 aliphatic heterocycles. The molecular formula is C18H19NO2. The minimum atomic E-state index is -0.124. The summed E-state index contributed by atoms with van der Waals surface area (Å²) in [5.74, 6) is 0.288. The van der Waals surface area contributed by atoms with Crippen molar-refractivity contribution in [3.05, 3.63) is 41.5 Å². The quantitative estimate of drug-likeness (QED) is 0.586. The molecule has 1 heterocycles. The largest absolute Gasteiger partial charge is 0.274 e. The van der Waals surface area contributed by atoms with Crippen molar-refractivity contribution in [2.45, 2.75) is 26.7 Å². The standard InChI is InChI=1S/C18H19NO2/c1-10-3-4-11(2)14(9-10)19-17(20)15-12-5-6-13(8-7-12)16(15)18(19)21/h3-6,9,12-13,15-16H,7-8H2,1-2H3/t12-,13-,15-,16-/m1/s1. The van der Waals surface area contributed by atoms with Gasteiger partial charge in [-0.3, -0.25) is 9.59 Å². The summed E-state index contributed by atoms with van der Waals surface area (Å²) in [6, 6.07) is 5.96. The van der Waals surface area contributed by atoms with Crippen LogP contribution >= 0.6 is 0 Å². The van der Waals surface area contributed by atoms with E-state index in [1.165, 1.54) is 4.90 Å². The molecule has 4 aliphatic rings. The van der Waals surface area contributed by atoms with Crippen LogP contribution in [0.1, 0.15) is 24.0 Å². The lowest BCUT2D eigenvalue weighted by atomic mass is 9.63. The number of anilines is 1. The smallest absolute Gasteiger partial charge is 0.238 e. The van der Waals surface area contributed by atoms with Crippen LogP contribution in [0.3, 0.4) is 0 Å². The van der Waals surface area contributed by atoms with E-state index in [0.717, 1.165) is 29.7 Å². The van der Waals surface area contributed by atoms with Gasteiger partial charge in [-0.1, -0.05) is 24.3 Å². The molecular weight excluding hydrogens is 262 g/mol. The summed E-state index contributed by atoms with van der Waals surface area (Å²) < 4.78 is 0. The second-order valence-electron chi connectivity index (χ2n) is 6.64. The molecule has 0 unspecified atom stereocenters. The van der Waals surface area contributed by atoms with E-state index in [1.807, 2.05) is 32.0 Å². The Labute approximate surface area is 124 Å². The maximum Gasteiger partial charge on any atom is 0.238 e. The minimum Gasteiger partial charge on any atom is -0.274 e. The first-order chi connectivity index (χ1) is 10.1. The highest BCUT2D eigenvalue weighted by Crippen LogP contribution is 2.50. The van der Waals surface area contributed by atoms with Crippen LogP contribution in [0.5, 0.6) is 0 Å². The van der Waals surface area contributed by atoms with Gasteiger partial charge in [-0.05, 0) is 55.7 Å². The topological polar surface area (TPSA) is 37.4 Å². The van der Waals surface area contributed by atoms with Crippen LogP contribution in [0.15, 0.2) is 30.4 Å². The van der Waals surface area contributed by atoms with E-state index < -0.39 is 0 Å². The lowest BCUT2D eigenvalue weighted by molar-refractivity contribution is -0.124. The van der Waals surface area contributed by atoms with Crippen LogP contribution in [0.25, 0.3) is 0 Å². The molecule has 3 nitrogen and oxygen atoms in total. The van der Waals surface area contributed by atoms with Gasteiger partial charge in [0.05, 0.1) is 17.5 Å². The number of aryl methyl sites for hydroxylation is 2. The SMILES string of the molecule is Cc1ccc(C)c(N2C(=O)[C@H]3[C@H](C2=O)[C@@H]2C=C[C@@H]3CC2)c1. The molecule has 1 saturated carbocycles. The molecule has 0 aromatic heterocycles. The Kier molecular flexibility index (Phi) is 2.62. The summed E-state index contributed by atoms with van der Waals surface area (Å²) in [4.78, 5) is 27.2. The van der Waals surface area contributed by atoms with Gasteiger partial charge < -0.3 is 0 Å². The van der Waals surface area contributed by atoms with E-state index in [1.54, 1.807) is 0 Å². The summed E-state index contributed by atoms with van der Waals surface area (Å²) >= 11 is 0. The van der Waals surface area contributed by atoms with Crippen LogP contribution in [0, 0.1) is 37.5 Å². The molecule has 108 valence electrons. The fraction of sp³-hybridized carbons (Fsp3) is 0.444. The Morgan fingerprint density at radius 2 is 1.52 bits per heavy atom. The van der Waals surface area contributed by atoms with Crippen LogP contribution in [0.2, 0.25) is 0 Å². The van der Waals surface area contributed by atoms with E-state index in [2.05, 4.69) is 12.2 Å². The molecule has 5 rings (SSSR count). The summed E-state index contributed by atoms with van der Waals surface area (Å²) in [6.07, 6.45) is 6.41. The third-order valence-electron chi connectivity index (χ3n) is 5.36. The normalized spacial score (nSPS) is 33.7. The molecule has 3 aliphatic carbocycles. The van der Waals surface area contributed by atoms with Gasteiger partial charge in [0.25, 0.3) is 0 Å². The van der Waals surface area contributed by atoms with Crippen molar-refractivity contribution in [1.82, 2.24) is 0 Å². The predicted octanol–water partition coefficient (Wildman–Crippen LogP) is 3.01. The van der Waals surface area contributed by atoms with Gasteiger partial charge in [-0.15, -0.1) is 0 Å². The van der Waals surface area contributed by atoms with Crippen molar-refractivity contribution in [2.75, 3.05) is 4.90 Å². The van der Waals surface area contributed by atoms with Crippen molar-refractivity contribution in [3.8, 4) is 0 Å². The van der Waals surface area contributed by atoms with Gasteiger partial charge in [-0.25, -0.2) is 4.90 Å². The van der Waals surface area contributed by atoms with E-state index in [4.69, 9.17) is 0 Å². The van der Waals surface area contributed by atoms with Gasteiger partial charge in [0.15, 0.2) is 0 Å². The van der Waals surface area contributed by atoms with E-state index >= 15 is 0 Å². The highest BCUT2D eigenvalue weighted by atomic mass is 16.2. The Hall–Kier alpha value is -1.90. The summed E-state index contributed by atoms with van der Waals surface area (Å²) in [6.45, 7) is 3.95. The van der Waals surface area contributed by atoms with Crippen molar-refractivity contribution >= 4 is 17.5 Å². The molecule has 0 spiro atoms. The lowest BCUT2D eigenvalue weighted by Crippen LogP contribution is -2.38. The summed E-state index contributed by atoms with van der Waals surface area (Å²) in [7, 11) is 0. The zero-order valence-corrected chi connectivity index (χ0v) is 12.4. The van der Waals surface area contributed by atoms with Gasteiger partial charge in [0.2, 0.25) is 11.8 Å². The highest BCUT2D eigenvalue weighted by Gasteiger charge is 2.57.